The Morgan fingerprint density at radius 1 is 1.07 bits per heavy atom. The molecule has 1 aromatic carbocycles. The molecule has 0 spiro atoms. The summed E-state index contributed by atoms with van der Waals surface area (Å²) in [6.45, 7) is 3.93. The summed E-state index contributed by atoms with van der Waals surface area (Å²) in [6.07, 6.45) is 3.60. The van der Waals surface area contributed by atoms with Crippen LogP contribution in [0.4, 0.5) is 4.79 Å². The molecule has 2 aliphatic rings. The Morgan fingerprint density at radius 3 is 2.37 bits per heavy atom. The molecule has 4 amide bonds. The van der Waals surface area contributed by atoms with Crippen LogP contribution in [0.2, 0.25) is 0 Å². The van der Waals surface area contributed by atoms with E-state index in [0.717, 1.165) is 29.1 Å². The third kappa shape index (κ3) is 3.72. The zero-order chi connectivity index (χ0) is 19.6. The highest BCUT2D eigenvalue weighted by Gasteiger charge is 2.49. The van der Waals surface area contributed by atoms with Crippen LogP contribution in [-0.4, -0.2) is 52.6 Å². The Bertz CT molecular complexity index is 758. The lowest BCUT2D eigenvalue weighted by molar-refractivity contribution is -0.144. The van der Waals surface area contributed by atoms with Crippen molar-refractivity contribution in [2.45, 2.75) is 45.6 Å². The fraction of sp³-hybridized carbons (Fsp3) is 0.500. The van der Waals surface area contributed by atoms with Gasteiger partial charge in [0.2, 0.25) is 0 Å². The number of ketones is 1. The molecule has 144 valence electrons. The summed E-state index contributed by atoms with van der Waals surface area (Å²) in [5.74, 6) is -1.35. The van der Waals surface area contributed by atoms with Crippen LogP contribution in [0.3, 0.4) is 0 Å². The van der Waals surface area contributed by atoms with Crippen molar-refractivity contribution in [1.82, 2.24) is 9.80 Å². The Kier molecular flexibility index (Phi) is 5.58. The van der Waals surface area contributed by atoms with Crippen LogP contribution in [-0.2, 0) is 9.59 Å². The summed E-state index contributed by atoms with van der Waals surface area (Å²) in [4.78, 5) is 51.8. The van der Waals surface area contributed by atoms with Crippen molar-refractivity contribution in [1.29, 1.82) is 0 Å². The van der Waals surface area contributed by atoms with Crippen LogP contribution in [0, 0.1) is 5.92 Å². The van der Waals surface area contributed by atoms with Crippen molar-refractivity contribution in [2.24, 2.45) is 5.92 Å². The second kappa shape index (κ2) is 7.90. The molecule has 1 aromatic rings. The van der Waals surface area contributed by atoms with Crippen molar-refractivity contribution < 1.29 is 23.9 Å². The van der Waals surface area contributed by atoms with E-state index < -0.39 is 30.2 Å². The van der Waals surface area contributed by atoms with E-state index in [4.69, 9.17) is 4.74 Å². The highest BCUT2D eigenvalue weighted by molar-refractivity contribution is 6.45. The van der Waals surface area contributed by atoms with E-state index >= 15 is 0 Å². The van der Waals surface area contributed by atoms with Crippen LogP contribution >= 0.6 is 0 Å². The molecule has 0 radical (unpaired) electrons. The first kappa shape index (κ1) is 19.1. The molecule has 1 aliphatic carbocycles. The molecule has 1 saturated carbocycles. The Labute approximate surface area is 158 Å². The number of carbonyl (C=O) groups excluding carboxylic acids is 4. The molecule has 3 rings (SSSR count). The number of Topliss-reactive ketones (excluding diaryl/α,β-unsaturated/α-hetero) is 1. The van der Waals surface area contributed by atoms with E-state index in [1.165, 1.54) is 0 Å². The molecule has 2 atom stereocenters. The van der Waals surface area contributed by atoms with E-state index in [0.29, 0.717) is 24.3 Å². The maximum absolute atomic E-state index is 12.7. The lowest BCUT2D eigenvalue weighted by Crippen LogP contribution is -2.46. The predicted octanol–water partition coefficient (Wildman–Crippen LogP) is 2.64. The van der Waals surface area contributed by atoms with Crippen molar-refractivity contribution in [3.8, 4) is 5.75 Å². The summed E-state index contributed by atoms with van der Waals surface area (Å²) in [5.41, 5.74) is 0.357. The summed E-state index contributed by atoms with van der Waals surface area (Å²) >= 11 is 0. The van der Waals surface area contributed by atoms with Crippen LogP contribution in [0.5, 0.6) is 5.75 Å². The Balaban J connectivity index is 1.72. The minimum Gasteiger partial charge on any atom is -0.494 e. The van der Waals surface area contributed by atoms with Gasteiger partial charge in [0.1, 0.15) is 5.75 Å². The number of nitrogens with zero attached hydrogens (tertiary/aromatic N) is 2. The number of carbonyl (C=O) groups is 4. The predicted molar refractivity (Wildman–Crippen MR) is 97.3 cm³/mol. The van der Waals surface area contributed by atoms with Crippen LogP contribution in [0.15, 0.2) is 24.3 Å². The maximum Gasteiger partial charge on any atom is 0.334 e. The van der Waals surface area contributed by atoms with Gasteiger partial charge in [-0.2, -0.15) is 0 Å². The van der Waals surface area contributed by atoms with Gasteiger partial charge < -0.3 is 4.74 Å². The second-order valence-electron chi connectivity index (χ2n) is 7.06. The van der Waals surface area contributed by atoms with Gasteiger partial charge in [0.15, 0.2) is 5.78 Å². The number of benzene rings is 1. The fourth-order valence-corrected chi connectivity index (χ4v) is 3.77. The zero-order valence-electron chi connectivity index (χ0n) is 15.6. The lowest BCUT2D eigenvalue weighted by Gasteiger charge is -2.34. The van der Waals surface area contributed by atoms with Crippen LogP contribution < -0.4 is 4.74 Å². The van der Waals surface area contributed by atoms with Gasteiger partial charge in [-0.25, -0.2) is 9.69 Å². The monoisotopic (exact) mass is 372 g/mol. The summed E-state index contributed by atoms with van der Waals surface area (Å²) in [7, 11) is 0. The van der Waals surface area contributed by atoms with Gasteiger partial charge in [-0.1, -0.05) is 19.8 Å². The van der Waals surface area contributed by atoms with Gasteiger partial charge in [-0.15, -0.1) is 0 Å². The van der Waals surface area contributed by atoms with Gasteiger partial charge in [0.25, 0.3) is 0 Å². The Hall–Kier alpha value is -2.70. The largest absolute Gasteiger partial charge is 0.494 e. The van der Waals surface area contributed by atoms with E-state index in [1.54, 1.807) is 24.3 Å². The molecule has 0 aromatic heterocycles. The van der Waals surface area contributed by atoms with Crippen molar-refractivity contribution >= 4 is 23.6 Å². The minimum absolute atomic E-state index is 0.154. The topological polar surface area (TPSA) is 84.0 Å². The van der Waals surface area contributed by atoms with E-state index in [2.05, 4.69) is 0 Å². The van der Waals surface area contributed by atoms with Crippen molar-refractivity contribution in [2.75, 3.05) is 13.2 Å². The molecule has 1 heterocycles. The third-order valence-electron chi connectivity index (χ3n) is 5.27. The number of hydrogen-bond donors (Lipinski definition) is 0. The van der Waals surface area contributed by atoms with E-state index in [9.17, 15) is 19.2 Å². The van der Waals surface area contributed by atoms with Crippen LogP contribution in [0.25, 0.3) is 0 Å². The molecule has 1 saturated heterocycles. The molecule has 7 heteroatoms. The highest BCUT2D eigenvalue weighted by Crippen LogP contribution is 2.31. The summed E-state index contributed by atoms with van der Waals surface area (Å²) in [6, 6.07) is 5.54. The number of ether oxygens (including phenoxy) is 1. The van der Waals surface area contributed by atoms with Crippen LogP contribution in [0.1, 0.15) is 49.9 Å². The van der Waals surface area contributed by atoms with Crippen molar-refractivity contribution in [3.05, 3.63) is 29.8 Å². The molecule has 0 N–H and O–H groups in total. The second-order valence-corrected chi connectivity index (χ2v) is 7.06. The molecule has 27 heavy (non-hydrogen) atoms. The number of urea groups is 1. The SMILES string of the molecule is CCOc1ccc(C(=O)CN2C(=O)C(=O)N([C@H]3CCCC[C@H]3C)C2=O)cc1. The highest BCUT2D eigenvalue weighted by atomic mass is 16.5. The summed E-state index contributed by atoms with van der Waals surface area (Å²) < 4.78 is 5.33. The Morgan fingerprint density at radius 2 is 1.74 bits per heavy atom. The molecule has 2 fully saturated rings. The van der Waals surface area contributed by atoms with Gasteiger partial charge in [-0.05, 0) is 49.9 Å². The standard InChI is InChI=1S/C20H24N2O5/c1-3-27-15-10-8-14(9-11-15)17(23)12-21-18(24)19(25)22(20(21)26)16-7-5-4-6-13(16)2/h8-11,13,16H,3-7,12H2,1-2H3/t13-,16+/m1/s1. The quantitative estimate of drug-likeness (QED) is 0.435. The van der Waals surface area contributed by atoms with E-state index in [-0.39, 0.29) is 12.0 Å². The smallest absolute Gasteiger partial charge is 0.334 e. The first-order valence-corrected chi connectivity index (χ1v) is 9.39. The number of rotatable bonds is 6. The number of imide groups is 2. The molecule has 0 bridgehead atoms. The fourth-order valence-electron chi connectivity index (χ4n) is 3.77. The first-order valence-electron chi connectivity index (χ1n) is 9.39. The number of hydrogen-bond acceptors (Lipinski definition) is 5. The van der Waals surface area contributed by atoms with E-state index in [1.807, 2.05) is 13.8 Å². The third-order valence-corrected chi connectivity index (χ3v) is 5.27. The molecule has 7 nitrogen and oxygen atoms in total. The van der Waals surface area contributed by atoms with Gasteiger partial charge in [-0.3, -0.25) is 19.3 Å². The molecular weight excluding hydrogens is 348 g/mol. The van der Waals surface area contributed by atoms with Crippen molar-refractivity contribution in [3.63, 3.8) is 0 Å². The average Bonchev–Trinajstić information content (AvgIpc) is 2.87. The number of amides is 4. The van der Waals surface area contributed by atoms with Gasteiger partial charge in [0.05, 0.1) is 13.2 Å². The lowest BCUT2D eigenvalue weighted by atomic mass is 9.85. The maximum atomic E-state index is 12.7. The normalized spacial score (nSPS) is 23.1. The van der Waals surface area contributed by atoms with Gasteiger partial charge >= 0.3 is 17.8 Å². The molecule has 0 unspecified atom stereocenters. The average molecular weight is 372 g/mol. The summed E-state index contributed by atoms with van der Waals surface area (Å²) in [5, 5.41) is 0. The zero-order valence-corrected chi connectivity index (χ0v) is 15.6. The van der Waals surface area contributed by atoms with Gasteiger partial charge in [0, 0.05) is 11.6 Å². The first-order chi connectivity index (χ1) is 12.9. The minimum atomic E-state index is -0.919. The molecule has 1 aliphatic heterocycles. The molecular formula is C20H24N2O5.